The Balaban J connectivity index is 0.000000265. The van der Waals surface area contributed by atoms with Crippen LogP contribution in [0.2, 0.25) is 10.0 Å². The lowest BCUT2D eigenvalue weighted by molar-refractivity contribution is -0.275. The molecule has 71 heavy (non-hydrogen) atoms. The number of pyridine rings is 2. The van der Waals surface area contributed by atoms with E-state index >= 15 is 0 Å². The molecule has 2 N–H and O–H groups in total. The highest BCUT2D eigenvalue weighted by Gasteiger charge is 2.33. The molecule has 0 atom stereocenters. The number of hydrogen-bond acceptors (Lipinski definition) is 14. The molecule has 2 heterocycles. The summed E-state index contributed by atoms with van der Waals surface area (Å²) >= 11 is 15.6. The minimum atomic E-state index is -4.90. The quantitative estimate of drug-likeness (QED) is 0.0562. The molecule has 0 aliphatic heterocycles. The number of methoxy groups -OCH3 is 5. The second-order valence-corrected chi connectivity index (χ2v) is 15.7. The molecule has 2 aromatic heterocycles. The number of carbonyl (C=O) groups is 3. The molecule has 0 radical (unpaired) electrons. The summed E-state index contributed by atoms with van der Waals surface area (Å²) in [6.45, 7) is 3.43. The van der Waals surface area contributed by atoms with Crippen molar-refractivity contribution in [1.29, 1.82) is 0 Å². The van der Waals surface area contributed by atoms with Crippen molar-refractivity contribution in [2.75, 3.05) is 46.2 Å². The van der Waals surface area contributed by atoms with E-state index in [-0.39, 0.29) is 78.5 Å². The third-order valence-electron chi connectivity index (χ3n) is 9.20. The minimum absolute atomic E-state index is 0.00286. The van der Waals surface area contributed by atoms with E-state index in [0.717, 1.165) is 24.3 Å². The highest BCUT2D eigenvalue weighted by molar-refractivity contribution is 9.10. The van der Waals surface area contributed by atoms with E-state index in [1.165, 1.54) is 84.2 Å². The third-order valence-corrected chi connectivity index (χ3v) is 10.1. The minimum Gasteiger partial charge on any atom is -0.496 e. The van der Waals surface area contributed by atoms with Gasteiger partial charge in [-0.15, -0.1) is 26.3 Å². The van der Waals surface area contributed by atoms with Gasteiger partial charge in [-0.2, -0.15) is 0 Å². The lowest BCUT2D eigenvalue weighted by Crippen LogP contribution is -2.17. The maximum absolute atomic E-state index is 13.4. The van der Waals surface area contributed by atoms with Gasteiger partial charge in [0.25, 0.3) is 11.8 Å². The van der Waals surface area contributed by atoms with Crippen LogP contribution in [0.1, 0.15) is 42.3 Å². The van der Waals surface area contributed by atoms with Gasteiger partial charge >= 0.3 is 18.7 Å². The molecule has 2 amide bonds. The van der Waals surface area contributed by atoms with Gasteiger partial charge in [-0.1, -0.05) is 23.2 Å². The first-order valence-electron chi connectivity index (χ1n) is 19.7. The fraction of sp³-hybridized carbons (Fsp3) is 0.196. The van der Waals surface area contributed by atoms with Gasteiger partial charge in [0, 0.05) is 58.1 Å². The Morgan fingerprint density at radius 2 is 0.930 bits per heavy atom. The van der Waals surface area contributed by atoms with Gasteiger partial charge in [0.05, 0.1) is 35.5 Å². The highest BCUT2D eigenvalue weighted by atomic mass is 79.9. The van der Waals surface area contributed by atoms with Crippen LogP contribution in [0.5, 0.6) is 57.5 Å². The highest BCUT2D eigenvalue weighted by Crippen LogP contribution is 2.43. The van der Waals surface area contributed by atoms with Crippen molar-refractivity contribution < 1.29 is 83.4 Å². The van der Waals surface area contributed by atoms with E-state index in [9.17, 15) is 40.7 Å². The number of ether oxygens (including phenoxy) is 9. The van der Waals surface area contributed by atoms with Gasteiger partial charge in [0.1, 0.15) is 55.9 Å². The largest absolute Gasteiger partial charge is 0.573 e. The number of nitrogens with one attached hydrogen (secondary N) is 2. The first-order chi connectivity index (χ1) is 33.4. The Labute approximate surface area is 418 Å². The number of aryl methyl sites for hydroxylation is 2. The summed E-state index contributed by atoms with van der Waals surface area (Å²) in [5.41, 5.74) is 1.86. The average Bonchev–Trinajstić information content (AvgIpc) is 3.30. The number of benzene rings is 4. The van der Waals surface area contributed by atoms with Gasteiger partial charge < -0.3 is 53.3 Å². The predicted octanol–water partition coefficient (Wildman–Crippen LogP) is 12.6. The fourth-order valence-electron chi connectivity index (χ4n) is 6.02. The van der Waals surface area contributed by atoms with Crippen molar-refractivity contribution in [2.24, 2.45) is 0 Å². The van der Waals surface area contributed by atoms with Gasteiger partial charge in [-0.05, 0) is 89.4 Å². The standard InChI is InChI=1S/C24H20ClF3N2O7.C22H17BrClF3N2O5/c1-12-11-29-16(23(32)35-4)10-15(12)30-22(31)21-19(34-3)7-13(25)8-20(21)36-17-6-5-14(9-18(17)33-2)37-24(26,27)28;1-11-10-28-19(23)9-14(11)29-21(30)20-17(32-3)6-12(24)7-18(20)33-15-5-4-13(8-16(15)31-2)34-22(25,26)27/h5-11H,1-4H3,(H,29,30,31);4-10H,1-3H3,(H,28,29,30). The first-order valence-corrected chi connectivity index (χ1v) is 21.3. The molecule has 4 aromatic carbocycles. The van der Waals surface area contributed by atoms with Gasteiger partial charge in [0.15, 0.2) is 23.0 Å². The van der Waals surface area contributed by atoms with E-state index < -0.39 is 42.0 Å². The summed E-state index contributed by atoms with van der Waals surface area (Å²) in [5, 5.41) is 5.77. The summed E-state index contributed by atoms with van der Waals surface area (Å²) < 4.78 is 121. The molecule has 6 aromatic rings. The first kappa shape index (κ1) is 54.6. The summed E-state index contributed by atoms with van der Waals surface area (Å²) in [5.74, 6) is -3.19. The van der Waals surface area contributed by atoms with Crippen LogP contribution in [0, 0.1) is 13.8 Å². The molecule has 0 aliphatic rings. The maximum Gasteiger partial charge on any atom is 0.573 e. The molecule has 25 heteroatoms. The zero-order valence-electron chi connectivity index (χ0n) is 37.8. The summed E-state index contributed by atoms with van der Waals surface area (Å²) in [6, 6.07) is 14.9. The lowest BCUT2D eigenvalue weighted by atomic mass is 10.1. The number of amides is 2. The molecule has 6 rings (SSSR count). The average molecular weight is 1100 g/mol. The van der Waals surface area contributed by atoms with Crippen LogP contribution in [-0.2, 0) is 4.74 Å². The van der Waals surface area contributed by atoms with Crippen molar-refractivity contribution in [3.05, 3.63) is 128 Å². The summed E-state index contributed by atoms with van der Waals surface area (Å²) in [7, 11) is 6.32. The molecule has 0 saturated carbocycles. The van der Waals surface area contributed by atoms with E-state index in [4.69, 9.17) is 51.6 Å². The second-order valence-electron chi connectivity index (χ2n) is 14.0. The number of rotatable bonds is 15. The Bertz CT molecular complexity index is 2950. The van der Waals surface area contributed by atoms with Crippen molar-refractivity contribution in [3.63, 3.8) is 0 Å². The number of anilines is 2. The molecule has 0 bridgehead atoms. The predicted molar refractivity (Wildman–Crippen MR) is 248 cm³/mol. The Morgan fingerprint density at radius 3 is 1.32 bits per heavy atom. The van der Waals surface area contributed by atoms with Crippen molar-refractivity contribution in [3.8, 4) is 57.5 Å². The third kappa shape index (κ3) is 14.8. The second kappa shape index (κ2) is 23.5. The normalized spacial score (nSPS) is 11.0. The zero-order chi connectivity index (χ0) is 52.4. The van der Waals surface area contributed by atoms with E-state index in [1.54, 1.807) is 26.1 Å². The Hall–Kier alpha value is -7.37. The van der Waals surface area contributed by atoms with Gasteiger partial charge in [-0.25, -0.2) is 14.8 Å². The maximum atomic E-state index is 13.4. The lowest BCUT2D eigenvalue weighted by Gasteiger charge is -2.18. The molecule has 0 unspecified atom stereocenters. The van der Waals surface area contributed by atoms with Crippen molar-refractivity contribution in [1.82, 2.24) is 9.97 Å². The number of halogens is 9. The van der Waals surface area contributed by atoms with E-state index in [1.807, 2.05) is 0 Å². The van der Waals surface area contributed by atoms with E-state index in [0.29, 0.717) is 21.4 Å². The smallest absolute Gasteiger partial charge is 0.496 e. The Kier molecular flexibility index (Phi) is 18.1. The molecule has 0 aliphatic carbocycles. The molecular formula is C46H37BrCl2F6N4O12. The van der Waals surface area contributed by atoms with Crippen LogP contribution in [0.15, 0.2) is 89.8 Å². The van der Waals surface area contributed by atoms with Crippen LogP contribution in [0.25, 0.3) is 0 Å². The Morgan fingerprint density at radius 1 is 0.535 bits per heavy atom. The van der Waals surface area contributed by atoms with Crippen molar-refractivity contribution >= 4 is 68.3 Å². The van der Waals surface area contributed by atoms with Crippen molar-refractivity contribution in [2.45, 2.75) is 26.6 Å². The van der Waals surface area contributed by atoms with E-state index in [2.05, 4.69) is 50.7 Å². The molecular weight excluding hydrogens is 1070 g/mol. The zero-order valence-corrected chi connectivity index (χ0v) is 40.9. The van der Waals surface area contributed by atoms with Crippen LogP contribution in [0.3, 0.4) is 0 Å². The molecule has 0 spiro atoms. The SMILES string of the molecule is COC(=O)c1cc(NC(=O)c2c(OC)cc(Cl)cc2Oc2ccc(OC(F)(F)F)cc2OC)c(C)cn1.COc1cc(OC(F)(F)F)ccc1Oc1cc(Cl)cc(OC)c1C(=O)Nc1cc(Br)ncc1C. The van der Waals surface area contributed by atoms with Gasteiger partial charge in [-0.3, -0.25) is 9.59 Å². The fourth-order valence-corrected chi connectivity index (χ4v) is 6.75. The number of aromatic nitrogens is 2. The summed E-state index contributed by atoms with van der Waals surface area (Å²) in [4.78, 5) is 46.5. The number of carbonyl (C=O) groups excluding carboxylic acids is 3. The molecule has 0 fully saturated rings. The molecule has 0 saturated heterocycles. The number of nitrogens with zero attached hydrogens (tertiary/aromatic N) is 2. The van der Waals surface area contributed by atoms with Crippen LogP contribution in [-0.4, -0.2) is 76.0 Å². The van der Waals surface area contributed by atoms with Crippen LogP contribution < -0.4 is 48.5 Å². The van der Waals surface area contributed by atoms with Crippen LogP contribution in [0.4, 0.5) is 37.7 Å². The van der Waals surface area contributed by atoms with Gasteiger partial charge in [0.2, 0.25) is 0 Å². The molecule has 376 valence electrons. The number of hydrogen-bond donors (Lipinski definition) is 2. The summed E-state index contributed by atoms with van der Waals surface area (Å²) in [6.07, 6.45) is -6.82. The monoisotopic (exact) mass is 1100 g/mol. The number of esters is 1. The molecule has 16 nitrogen and oxygen atoms in total. The number of alkyl halides is 6. The topological polar surface area (TPSA) is 184 Å². The van der Waals surface area contributed by atoms with Crippen LogP contribution >= 0.6 is 39.1 Å².